The van der Waals surface area contributed by atoms with Crippen LogP contribution in [0.3, 0.4) is 0 Å². The fraction of sp³-hybridized carbons (Fsp3) is 0.300. The van der Waals surface area contributed by atoms with Crippen LogP contribution in [0, 0.1) is 0 Å². The zero-order valence-electron chi connectivity index (χ0n) is 15.5. The Morgan fingerprint density at radius 3 is 2.75 bits per heavy atom. The first-order chi connectivity index (χ1) is 13.4. The minimum Gasteiger partial charge on any atom is -0.320 e. The third kappa shape index (κ3) is 3.94. The molecule has 1 aliphatic rings. The first-order valence-electron chi connectivity index (χ1n) is 9.21. The quantitative estimate of drug-likeness (QED) is 0.667. The van der Waals surface area contributed by atoms with Crippen molar-refractivity contribution in [2.75, 3.05) is 24.7 Å². The van der Waals surface area contributed by atoms with Crippen LogP contribution in [0.15, 0.2) is 53.4 Å². The molecule has 0 saturated carbocycles. The Labute approximate surface area is 168 Å². The maximum absolute atomic E-state index is 12.7. The van der Waals surface area contributed by atoms with Crippen molar-refractivity contribution in [1.82, 2.24) is 4.98 Å². The van der Waals surface area contributed by atoms with Gasteiger partial charge >= 0.3 is 0 Å². The highest BCUT2D eigenvalue weighted by atomic mass is 32.2. The number of hydrogen-bond donors (Lipinski definition) is 2. The SMILES string of the molecule is CS(=O)(=O)c1ccccc1NC(=O)C[NH+]1CCC[C@H]1c1nc2ccccc2s1. The molecule has 2 heterocycles. The number of nitrogens with one attached hydrogen (secondary N) is 2. The number of anilines is 1. The van der Waals surface area contributed by atoms with E-state index in [1.54, 1.807) is 29.5 Å². The third-order valence-corrected chi connectivity index (χ3v) is 7.35. The van der Waals surface area contributed by atoms with Gasteiger partial charge in [0.2, 0.25) is 0 Å². The van der Waals surface area contributed by atoms with Crippen molar-refractivity contribution in [2.24, 2.45) is 0 Å². The smallest absolute Gasteiger partial charge is 0.279 e. The van der Waals surface area contributed by atoms with Crippen molar-refractivity contribution in [2.45, 2.75) is 23.8 Å². The van der Waals surface area contributed by atoms with Crippen LogP contribution in [0.4, 0.5) is 5.69 Å². The molecule has 2 atom stereocenters. The number of rotatable bonds is 5. The Bertz CT molecular complexity index is 1090. The van der Waals surface area contributed by atoms with E-state index in [1.165, 1.54) is 11.0 Å². The van der Waals surface area contributed by atoms with Gasteiger partial charge in [-0.15, -0.1) is 11.3 Å². The van der Waals surface area contributed by atoms with Crippen LogP contribution >= 0.6 is 11.3 Å². The number of likely N-dealkylation sites (tertiary alicyclic amines) is 1. The minimum absolute atomic E-state index is 0.141. The van der Waals surface area contributed by atoms with Gasteiger partial charge in [0.15, 0.2) is 21.4 Å². The summed E-state index contributed by atoms with van der Waals surface area (Å²) in [5.41, 5.74) is 1.34. The van der Waals surface area contributed by atoms with Gasteiger partial charge in [0, 0.05) is 19.1 Å². The molecule has 2 N–H and O–H groups in total. The Hall–Kier alpha value is -2.29. The molecule has 146 valence electrons. The van der Waals surface area contributed by atoms with Gasteiger partial charge in [-0.25, -0.2) is 13.4 Å². The fourth-order valence-corrected chi connectivity index (χ4v) is 5.76. The van der Waals surface area contributed by atoms with E-state index in [1.807, 2.05) is 18.2 Å². The summed E-state index contributed by atoms with van der Waals surface area (Å²) in [5.74, 6) is -0.181. The number of amides is 1. The van der Waals surface area contributed by atoms with Gasteiger partial charge in [0.25, 0.3) is 5.91 Å². The zero-order valence-corrected chi connectivity index (χ0v) is 17.1. The normalized spacial score (nSPS) is 19.8. The lowest BCUT2D eigenvalue weighted by Crippen LogP contribution is -3.11. The highest BCUT2D eigenvalue weighted by Crippen LogP contribution is 2.28. The predicted octanol–water partition coefficient (Wildman–Crippen LogP) is 2.06. The number of quaternary nitrogens is 1. The Morgan fingerprint density at radius 1 is 1.21 bits per heavy atom. The van der Waals surface area contributed by atoms with E-state index < -0.39 is 9.84 Å². The van der Waals surface area contributed by atoms with Crippen LogP contribution in [0.5, 0.6) is 0 Å². The summed E-state index contributed by atoms with van der Waals surface area (Å²) < 4.78 is 25.0. The van der Waals surface area contributed by atoms with Crippen molar-refractivity contribution >= 4 is 43.0 Å². The van der Waals surface area contributed by atoms with Gasteiger partial charge in [-0.1, -0.05) is 24.3 Å². The second-order valence-electron chi connectivity index (χ2n) is 7.12. The number of benzene rings is 2. The Morgan fingerprint density at radius 2 is 1.96 bits per heavy atom. The van der Waals surface area contributed by atoms with Crippen molar-refractivity contribution in [1.29, 1.82) is 0 Å². The second-order valence-corrected chi connectivity index (χ2v) is 10.2. The Kier molecular flexibility index (Phi) is 5.18. The van der Waals surface area contributed by atoms with Crippen LogP contribution in [0.1, 0.15) is 23.9 Å². The van der Waals surface area contributed by atoms with Crippen molar-refractivity contribution in [3.63, 3.8) is 0 Å². The molecule has 6 nitrogen and oxygen atoms in total. The number of carbonyl (C=O) groups is 1. The molecular weight excluding hydrogens is 394 g/mol. The average Bonchev–Trinajstić information content (AvgIpc) is 3.27. The molecule has 1 amide bonds. The number of fused-ring (bicyclic) bond motifs is 1. The topological polar surface area (TPSA) is 80.6 Å². The molecule has 0 bridgehead atoms. The van der Waals surface area contributed by atoms with E-state index in [0.717, 1.165) is 40.9 Å². The van der Waals surface area contributed by atoms with Gasteiger partial charge in [-0.3, -0.25) is 4.79 Å². The maximum Gasteiger partial charge on any atom is 0.279 e. The monoisotopic (exact) mass is 416 g/mol. The van der Waals surface area contributed by atoms with Gasteiger partial charge < -0.3 is 10.2 Å². The predicted molar refractivity (Wildman–Crippen MR) is 110 cm³/mol. The second kappa shape index (κ2) is 7.62. The summed E-state index contributed by atoms with van der Waals surface area (Å²) >= 11 is 1.69. The number of thiazole rings is 1. The van der Waals surface area contributed by atoms with Crippen molar-refractivity contribution in [3.05, 3.63) is 53.5 Å². The molecule has 1 aliphatic heterocycles. The van der Waals surface area contributed by atoms with Crippen LogP contribution in [-0.4, -0.2) is 38.7 Å². The van der Waals surface area contributed by atoms with Crippen LogP contribution in [0.25, 0.3) is 10.2 Å². The molecule has 0 spiro atoms. The summed E-state index contributed by atoms with van der Waals surface area (Å²) in [4.78, 5) is 18.7. The lowest BCUT2D eigenvalue weighted by atomic mass is 10.2. The first kappa shape index (κ1) is 19.0. The molecule has 0 radical (unpaired) electrons. The molecule has 1 aromatic heterocycles. The summed E-state index contributed by atoms with van der Waals surface area (Å²) in [5, 5.41) is 3.85. The van der Waals surface area contributed by atoms with Gasteiger partial charge in [0.05, 0.1) is 27.3 Å². The highest BCUT2D eigenvalue weighted by molar-refractivity contribution is 7.90. The third-order valence-electron chi connectivity index (χ3n) is 5.04. The molecule has 4 rings (SSSR count). The van der Waals surface area contributed by atoms with E-state index in [9.17, 15) is 13.2 Å². The molecule has 1 unspecified atom stereocenters. The fourth-order valence-electron chi connectivity index (χ4n) is 3.75. The summed E-state index contributed by atoms with van der Waals surface area (Å²) in [6, 6.07) is 14.8. The van der Waals surface area contributed by atoms with Crippen LogP contribution < -0.4 is 10.2 Å². The Balaban J connectivity index is 1.50. The van der Waals surface area contributed by atoms with Gasteiger partial charge in [0.1, 0.15) is 6.04 Å². The molecule has 8 heteroatoms. The number of para-hydroxylation sites is 2. The number of nitrogens with zero attached hydrogens (tertiary/aromatic N) is 1. The molecule has 28 heavy (non-hydrogen) atoms. The summed E-state index contributed by atoms with van der Waals surface area (Å²) in [6.07, 6.45) is 3.19. The van der Waals surface area contributed by atoms with E-state index >= 15 is 0 Å². The molecular formula is C20H22N3O3S2+. The van der Waals surface area contributed by atoms with Crippen molar-refractivity contribution in [3.8, 4) is 0 Å². The molecule has 1 saturated heterocycles. The number of carbonyl (C=O) groups excluding carboxylic acids is 1. The van der Waals surface area contributed by atoms with E-state index in [2.05, 4.69) is 11.4 Å². The number of aromatic nitrogens is 1. The standard InChI is InChI=1S/C20H21N3O3S2/c1-28(25,26)18-11-5-3-8-15(18)21-19(24)13-23-12-6-9-16(23)20-22-14-7-2-4-10-17(14)27-20/h2-5,7-8,10-11,16H,6,9,12-13H2,1H3,(H,21,24)/p+1/t16-/m0/s1. The highest BCUT2D eigenvalue weighted by Gasteiger charge is 2.34. The van der Waals surface area contributed by atoms with Crippen LogP contribution in [0.2, 0.25) is 0 Å². The van der Waals surface area contributed by atoms with E-state index in [4.69, 9.17) is 4.98 Å². The lowest BCUT2D eigenvalue weighted by Gasteiger charge is -2.19. The van der Waals surface area contributed by atoms with E-state index in [-0.39, 0.29) is 16.8 Å². The van der Waals surface area contributed by atoms with Crippen molar-refractivity contribution < 1.29 is 18.1 Å². The maximum atomic E-state index is 12.7. The summed E-state index contributed by atoms with van der Waals surface area (Å²) in [7, 11) is -3.40. The van der Waals surface area contributed by atoms with Crippen LogP contribution in [-0.2, 0) is 14.6 Å². The van der Waals surface area contributed by atoms with Gasteiger partial charge in [-0.05, 0) is 24.3 Å². The number of sulfone groups is 1. The molecule has 2 aromatic carbocycles. The minimum atomic E-state index is -3.40. The number of hydrogen-bond acceptors (Lipinski definition) is 5. The zero-order chi connectivity index (χ0) is 19.7. The average molecular weight is 417 g/mol. The lowest BCUT2D eigenvalue weighted by molar-refractivity contribution is -0.910. The molecule has 1 fully saturated rings. The largest absolute Gasteiger partial charge is 0.320 e. The molecule has 0 aliphatic carbocycles. The summed E-state index contributed by atoms with van der Waals surface area (Å²) in [6.45, 7) is 1.19. The van der Waals surface area contributed by atoms with Gasteiger partial charge in [-0.2, -0.15) is 0 Å². The first-order valence-corrected chi connectivity index (χ1v) is 11.9. The van der Waals surface area contributed by atoms with E-state index in [0.29, 0.717) is 12.2 Å². The molecule has 3 aromatic rings.